The third kappa shape index (κ3) is 5.50. The highest BCUT2D eigenvalue weighted by Crippen LogP contribution is 2.36. The van der Waals surface area contributed by atoms with Crippen LogP contribution in [0, 0.1) is 5.41 Å². The molecule has 0 amide bonds. The largest absolute Gasteiger partial charge is 0.481 e. The summed E-state index contributed by atoms with van der Waals surface area (Å²) in [6.07, 6.45) is 8.75. The first-order valence-corrected chi connectivity index (χ1v) is 6.55. The highest BCUT2D eigenvalue weighted by molar-refractivity contribution is 5.66. The molecule has 3 nitrogen and oxygen atoms in total. The Hall–Kier alpha value is -0.570. The SMILES string of the molecule is CC1(CNCCCCCC(=O)O)CCCC1. The molecule has 0 aromatic carbocycles. The Morgan fingerprint density at radius 1 is 1.25 bits per heavy atom. The molecule has 1 fully saturated rings. The van der Waals surface area contributed by atoms with Crippen LogP contribution in [0.1, 0.15) is 58.3 Å². The fraction of sp³-hybridized carbons (Fsp3) is 0.923. The standard InChI is InChI=1S/C13H25NO2/c1-13(8-4-5-9-13)11-14-10-6-2-3-7-12(15)16/h14H,2-11H2,1H3,(H,15,16). The highest BCUT2D eigenvalue weighted by atomic mass is 16.4. The van der Waals surface area contributed by atoms with Crippen LogP contribution in [0.25, 0.3) is 0 Å². The quantitative estimate of drug-likeness (QED) is 0.627. The van der Waals surface area contributed by atoms with Crippen molar-refractivity contribution in [1.82, 2.24) is 5.32 Å². The first kappa shape index (κ1) is 13.5. The molecule has 0 spiro atoms. The molecule has 0 bridgehead atoms. The maximum absolute atomic E-state index is 10.3. The van der Waals surface area contributed by atoms with Crippen LogP contribution in [-0.4, -0.2) is 24.2 Å². The van der Waals surface area contributed by atoms with Crippen molar-refractivity contribution in [2.75, 3.05) is 13.1 Å². The van der Waals surface area contributed by atoms with Gasteiger partial charge in [-0.15, -0.1) is 0 Å². The van der Waals surface area contributed by atoms with E-state index in [2.05, 4.69) is 12.2 Å². The number of carboxylic acids is 1. The van der Waals surface area contributed by atoms with E-state index >= 15 is 0 Å². The van der Waals surface area contributed by atoms with Crippen LogP contribution < -0.4 is 5.32 Å². The van der Waals surface area contributed by atoms with Gasteiger partial charge in [0.2, 0.25) is 0 Å². The van der Waals surface area contributed by atoms with Gasteiger partial charge in [-0.25, -0.2) is 0 Å². The molecule has 16 heavy (non-hydrogen) atoms. The summed E-state index contributed by atoms with van der Waals surface area (Å²) in [5, 5.41) is 12.0. The number of nitrogens with one attached hydrogen (secondary N) is 1. The van der Waals surface area contributed by atoms with E-state index in [9.17, 15) is 4.79 Å². The fourth-order valence-electron chi connectivity index (χ4n) is 2.50. The molecule has 2 N–H and O–H groups in total. The first-order valence-electron chi connectivity index (χ1n) is 6.55. The van der Waals surface area contributed by atoms with Crippen LogP contribution in [0.3, 0.4) is 0 Å². The number of carbonyl (C=O) groups is 1. The minimum absolute atomic E-state index is 0.317. The first-order chi connectivity index (χ1) is 7.62. The number of aliphatic carboxylic acids is 1. The van der Waals surface area contributed by atoms with E-state index < -0.39 is 5.97 Å². The molecule has 1 aliphatic rings. The molecular formula is C13H25NO2. The predicted octanol–water partition coefficient (Wildman–Crippen LogP) is 2.80. The van der Waals surface area contributed by atoms with Gasteiger partial charge in [0, 0.05) is 13.0 Å². The zero-order valence-corrected chi connectivity index (χ0v) is 10.4. The summed E-state index contributed by atoms with van der Waals surface area (Å²) in [4.78, 5) is 10.3. The van der Waals surface area contributed by atoms with E-state index in [1.165, 1.54) is 25.7 Å². The smallest absolute Gasteiger partial charge is 0.303 e. The van der Waals surface area contributed by atoms with Gasteiger partial charge >= 0.3 is 5.97 Å². The minimum atomic E-state index is -0.675. The molecule has 0 aromatic rings. The van der Waals surface area contributed by atoms with Crippen molar-refractivity contribution >= 4 is 5.97 Å². The van der Waals surface area contributed by atoms with Gasteiger partial charge in [-0.3, -0.25) is 4.79 Å². The van der Waals surface area contributed by atoms with Crippen molar-refractivity contribution in [3.8, 4) is 0 Å². The van der Waals surface area contributed by atoms with Gasteiger partial charge in [0.1, 0.15) is 0 Å². The zero-order chi connectivity index (χ0) is 11.9. The molecule has 1 aliphatic carbocycles. The van der Waals surface area contributed by atoms with E-state index in [-0.39, 0.29) is 0 Å². The lowest BCUT2D eigenvalue weighted by Crippen LogP contribution is -2.30. The molecule has 3 heteroatoms. The average Bonchev–Trinajstić information content (AvgIpc) is 2.64. The van der Waals surface area contributed by atoms with Crippen LogP contribution in [0.5, 0.6) is 0 Å². The lowest BCUT2D eigenvalue weighted by Gasteiger charge is -2.23. The lowest BCUT2D eigenvalue weighted by atomic mass is 9.89. The Kier molecular flexibility index (Phi) is 5.81. The number of unbranched alkanes of at least 4 members (excludes halogenated alkanes) is 2. The number of hydrogen-bond acceptors (Lipinski definition) is 2. The van der Waals surface area contributed by atoms with Crippen LogP contribution >= 0.6 is 0 Å². The van der Waals surface area contributed by atoms with E-state index in [1.54, 1.807) is 0 Å². The average molecular weight is 227 g/mol. The van der Waals surface area contributed by atoms with Gasteiger partial charge in [0.05, 0.1) is 0 Å². The van der Waals surface area contributed by atoms with Crippen molar-refractivity contribution in [2.45, 2.75) is 58.3 Å². The molecule has 1 rings (SSSR count). The summed E-state index contributed by atoms with van der Waals surface area (Å²) in [5.74, 6) is -0.675. The molecule has 0 atom stereocenters. The third-order valence-corrected chi connectivity index (χ3v) is 3.61. The summed E-state index contributed by atoms with van der Waals surface area (Å²) in [6.45, 7) is 4.54. The minimum Gasteiger partial charge on any atom is -0.481 e. The van der Waals surface area contributed by atoms with Gasteiger partial charge in [-0.2, -0.15) is 0 Å². The Morgan fingerprint density at radius 2 is 1.94 bits per heavy atom. The number of hydrogen-bond donors (Lipinski definition) is 2. The van der Waals surface area contributed by atoms with E-state index in [0.29, 0.717) is 11.8 Å². The Labute approximate surface area is 98.6 Å². The Morgan fingerprint density at radius 3 is 2.56 bits per heavy atom. The second kappa shape index (κ2) is 6.89. The van der Waals surface area contributed by atoms with Crippen LogP contribution in [0.4, 0.5) is 0 Å². The van der Waals surface area contributed by atoms with Crippen molar-refractivity contribution in [3.63, 3.8) is 0 Å². The van der Waals surface area contributed by atoms with Crippen LogP contribution in [0.15, 0.2) is 0 Å². The van der Waals surface area contributed by atoms with Crippen molar-refractivity contribution in [2.24, 2.45) is 5.41 Å². The summed E-state index contributed by atoms with van der Waals surface area (Å²) in [6, 6.07) is 0. The van der Waals surface area contributed by atoms with Crippen molar-refractivity contribution in [3.05, 3.63) is 0 Å². The summed E-state index contributed by atoms with van der Waals surface area (Å²) in [7, 11) is 0. The molecule has 0 saturated heterocycles. The second-order valence-corrected chi connectivity index (χ2v) is 5.40. The molecule has 1 saturated carbocycles. The topological polar surface area (TPSA) is 49.3 Å². The monoisotopic (exact) mass is 227 g/mol. The zero-order valence-electron chi connectivity index (χ0n) is 10.4. The number of carboxylic acid groups (broad SMARTS) is 1. The number of rotatable bonds is 8. The second-order valence-electron chi connectivity index (χ2n) is 5.40. The molecule has 94 valence electrons. The predicted molar refractivity (Wildman–Crippen MR) is 65.5 cm³/mol. The van der Waals surface area contributed by atoms with Crippen LogP contribution in [0.2, 0.25) is 0 Å². The highest BCUT2D eigenvalue weighted by Gasteiger charge is 2.27. The molecule has 0 unspecified atom stereocenters. The summed E-state index contributed by atoms with van der Waals surface area (Å²) < 4.78 is 0. The van der Waals surface area contributed by atoms with Gasteiger partial charge in [0.15, 0.2) is 0 Å². The summed E-state index contributed by atoms with van der Waals surface area (Å²) in [5.41, 5.74) is 0.529. The normalized spacial score (nSPS) is 18.8. The Balaban J connectivity index is 1.90. The molecular weight excluding hydrogens is 202 g/mol. The van der Waals surface area contributed by atoms with Crippen molar-refractivity contribution in [1.29, 1.82) is 0 Å². The van der Waals surface area contributed by atoms with Crippen molar-refractivity contribution < 1.29 is 9.90 Å². The molecule has 0 aliphatic heterocycles. The summed E-state index contributed by atoms with van der Waals surface area (Å²) >= 11 is 0. The molecule has 0 heterocycles. The van der Waals surface area contributed by atoms with E-state index in [4.69, 9.17) is 5.11 Å². The lowest BCUT2D eigenvalue weighted by molar-refractivity contribution is -0.137. The maximum Gasteiger partial charge on any atom is 0.303 e. The molecule has 0 radical (unpaired) electrons. The third-order valence-electron chi connectivity index (χ3n) is 3.61. The van der Waals surface area contributed by atoms with Gasteiger partial charge in [-0.05, 0) is 37.6 Å². The van der Waals surface area contributed by atoms with E-state index in [0.717, 1.165) is 32.4 Å². The van der Waals surface area contributed by atoms with Gasteiger partial charge in [-0.1, -0.05) is 26.2 Å². The van der Waals surface area contributed by atoms with Gasteiger partial charge in [0.25, 0.3) is 0 Å². The fourth-order valence-corrected chi connectivity index (χ4v) is 2.50. The van der Waals surface area contributed by atoms with Crippen LogP contribution in [-0.2, 0) is 4.79 Å². The molecule has 0 aromatic heterocycles. The Bertz CT molecular complexity index is 210. The van der Waals surface area contributed by atoms with Gasteiger partial charge < -0.3 is 10.4 Å². The van der Waals surface area contributed by atoms with E-state index in [1.807, 2.05) is 0 Å². The maximum atomic E-state index is 10.3.